The number of nitrogens with one attached hydrogen (secondary N) is 2. The Hall–Kier alpha value is -3.67. The third-order valence-corrected chi connectivity index (χ3v) is 3.75. The van der Waals surface area contributed by atoms with Crippen LogP contribution in [0.25, 0.3) is 10.8 Å². The second kappa shape index (κ2) is 7.94. The Morgan fingerprint density at radius 2 is 1.65 bits per heavy atom. The van der Waals surface area contributed by atoms with Gasteiger partial charge in [-0.3, -0.25) is 9.59 Å². The van der Waals surface area contributed by atoms with Gasteiger partial charge in [0.15, 0.2) is 0 Å². The van der Waals surface area contributed by atoms with Crippen LogP contribution in [0.3, 0.4) is 0 Å². The summed E-state index contributed by atoms with van der Waals surface area (Å²) in [5, 5.41) is 8.44. The minimum absolute atomic E-state index is 0.410. The average Bonchev–Trinajstić information content (AvgIpc) is 2.68. The molecule has 0 bridgehead atoms. The largest absolute Gasteiger partial charge is 0.495 e. The molecule has 6 heteroatoms. The molecule has 0 saturated heterocycles. The Morgan fingerprint density at radius 1 is 0.923 bits per heavy atom. The van der Waals surface area contributed by atoms with E-state index in [1.165, 1.54) is 13.3 Å². The summed E-state index contributed by atoms with van der Waals surface area (Å²) in [7, 11) is 1.49. The number of carbonyl (C=O) groups is 2. The first-order valence-electron chi connectivity index (χ1n) is 7.94. The summed E-state index contributed by atoms with van der Waals surface area (Å²) >= 11 is 0. The molecule has 0 fully saturated rings. The lowest BCUT2D eigenvalue weighted by atomic mass is 10.1. The van der Waals surface area contributed by atoms with E-state index in [1.54, 1.807) is 24.3 Å². The van der Waals surface area contributed by atoms with Crippen molar-refractivity contribution >= 4 is 34.5 Å². The van der Waals surface area contributed by atoms with Gasteiger partial charge in [0, 0.05) is 5.56 Å². The zero-order valence-electron chi connectivity index (χ0n) is 14.1. The van der Waals surface area contributed by atoms with Crippen LogP contribution in [0.2, 0.25) is 0 Å². The molecule has 0 saturated carbocycles. The molecule has 2 amide bonds. The van der Waals surface area contributed by atoms with Crippen molar-refractivity contribution in [3.8, 4) is 5.75 Å². The Labute approximate surface area is 150 Å². The SMILES string of the molecule is COc1ccccc1NC(=O)C(=O)N/N=C\c1cccc2ccccc12. The first-order valence-corrected chi connectivity index (χ1v) is 7.94. The number of hydrogen-bond acceptors (Lipinski definition) is 4. The molecule has 3 rings (SSSR count). The molecule has 26 heavy (non-hydrogen) atoms. The van der Waals surface area contributed by atoms with Crippen LogP contribution in [0.15, 0.2) is 71.8 Å². The molecule has 3 aromatic carbocycles. The van der Waals surface area contributed by atoms with Crippen molar-refractivity contribution in [3.05, 3.63) is 72.3 Å². The van der Waals surface area contributed by atoms with Crippen molar-refractivity contribution in [3.63, 3.8) is 0 Å². The first kappa shape index (κ1) is 17.2. The maximum Gasteiger partial charge on any atom is 0.329 e. The Morgan fingerprint density at radius 3 is 2.50 bits per heavy atom. The summed E-state index contributed by atoms with van der Waals surface area (Å²) in [5.74, 6) is -1.23. The van der Waals surface area contributed by atoms with Crippen molar-refractivity contribution in [1.29, 1.82) is 0 Å². The van der Waals surface area contributed by atoms with Gasteiger partial charge in [-0.1, -0.05) is 54.6 Å². The summed E-state index contributed by atoms with van der Waals surface area (Å²) in [6.07, 6.45) is 1.51. The van der Waals surface area contributed by atoms with Crippen molar-refractivity contribution in [2.45, 2.75) is 0 Å². The Bertz CT molecular complexity index is 977. The summed E-state index contributed by atoms with van der Waals surface area (Å²) in [6, 6.07) is 20.4. The Kier molecular flexibility index (Phi) is 5.24. The normalized spacial score (nSPS) is 10.7. The molecule has 0 aliphatic carbocycles. The summed E-state index contributed by atoms with van der Waals surface area (Å²) in [4.78, 5) is 23.9. The standard InChI is InChI=1S/C20H17N3O3/c1-26-18-12-5-4-11-17(18)22-19(24)20(25)23-21-13-15-9-6-8-14-7-2-3-10-16(14)15/h2-13H,1H3,(H,22,24)(H,23,25)/b21-13-. The van der Waals surface area contributed by atoms with E-state index in [2.05, 4.69) is 15.8 Å². The van der Waals surface area contributed by atoms with E-state index in [1.807, 2.05) is 42.5 Å². The van der Waals surface area contributed by atoms with Crippen LogP contribution < -0.4 is 15.5 Å². The minimum atomic E-state index is -0.868. The van der Waals surface area contributed by atoms with Gasteiger partial charge in [-0.2, -0.15) is 5.10 Å². The lowest BCUT2D eigenvalue weighted by Gasteiger charge is -2.08. The molecule has 2 N–H and O–H groups in total. The number of nitrogens with zero attached hydrogens (tertiary/aromatic N) is 1. The zero-order chi connectivity index (χ0) is 18.4. The molecule has 6 nitrogen and oxygen atoms in total. The number of carbonyl (C=O) groups excluding carboxylic acids is 2. The predicted octanol–water partition coefficient (Wildman–Crippen LogP) is 2.94. The molecule has 0 unspecified atom stereocenters. The average molecular weight is 347 g/mol. The van der Waals surface area contributed by atoms with E-state index in [9.17, 15) is 9.59 Å². The Balaban J connectivity index is 1.66. The van der Waals surface area contributed by atoms with E-state index in [-0.39, 0.29) is 0 Å². The number of benzene rings is 3. The fourth-order valence-electron chi connectivity index (χ4n) is 2.50. The molecule has 0 radical (unpaired) electrons. The summed E-state index contributed by atoms with van der Waals surface area (Å²) < 4.78 is 5.13. The van der Waals surface area contributed by atoms with Crippen molar-refractivity contribution in [2.75, 3.05) is 12.4 Å². The van der Waals surface area contributed by atoms with Crippen LogP contribution in [0.5, 0.6) is 5.75 Å². The van der Waals surface area contributed by atoms with Crippen LogP contribution in [-0.4, -0.2) is 25.1 Å². The van der Waals surface area contributed by atoms with Crippen molar-refractivity contribution in [2.24, 2.45) is 5.10 Å². The molecule has 3 aromatic rings. The van der Waals surface area contributed by atoms with Gasteiger partial charge in [-0.15, -0.1) is 0 Å². The van der Waals surface area contributed by atoms with Crippen LogP contribution in [-0.2, 0) is 9.59 Å². The molecule has 0 aliphatic rings. The number of hydrazone groups is 1. The first-order chi connectivity index (χ1) is 12.7. The second-order valence-electron chi connectivity index (χ2n) is 5.42. The molecule has 0 aromatic heterocycles. The summed E-state index contributed by atoms with van der Waals surface area (Å²) in [6.45, 7) is 0. The van der Waals surface area contributed by atoms with Gasteiger partial charge in [0.1, 0.15) is 5.75 Å². The van der Waals surface area contributed by atoms with E-state index in [4.69, 9.17) is 4.74 Å². The smallest absolute Gasteiger partial charge is 0.329 e. The quantitative estimate of drug-likeness (QED) is 0.433. The van der Waals surface area contributed by atoms with Crippen molar-refractivity contribution < 1.29 is 14.3 Å². The van der Waals surface area contributed by atoms with E-state index in [0.717, 1.165) is 16.3 Å². The molecule has 0 aliphatic heterocycles. The van der Waals surface area contributed by atoms with Gasteiger partial charge < -0.3 is 10.1 Å². The zero-order valence-corrected chi connectivity index (χ0v) is 14.1. The van der Waals surface area contributed by atoms with Gasteiger partial charge in [0.2, 0.25) is 0 Å². The van der Waals surface area contributed by atoms with Gasteiger partial charge >= 0.3 is 11.8 Å². The number of anilines is 1. The van der Waals surface area contributed by atoms with Crippen molar-refractivity contribution in [1.82, 2.24) is 5.43 Å². The fourth-order valence-corrected chi connectivity index (χ4v) is 2.50. The number of para-hydroxylation sites is 2. The van der Waals surface area contributed by atoms with Crippen LogP contribution in [0.4, 0.5) is 5.69 Å². The van der Waals surface area contributed by atoms with Gasteiger partial charge in [-0.05, 0) is 22.9 Å². The lowest BCUT2D eigenvalue weighted by molar-refractivity contribution is -0.136. The molecular formula is C20H17N3O3. The predicted molar refractivity (Wildman–Crippen MR) is 101 cm³/mol. The monoisotopic (exact) mass is 347 g/mol. The van der Waals surface area contributed by atoms with Gasteiger partial charge in [-0.25, -0.2) is 5.43 Å². The topological polar surface area (TPSA) is 79.8 Å². The number of ether oxygens (including phenoxy) is 1. The molecule has 0 spiro atoms. The van der Waals surface area contributed by atoms with E-state index in [0.29, 0.717) is 11.4 Å². The highest BCUT2D eigenvalue weighted by molar-refractivity contribution is 6.39. The summed E-state index contributed by atoms with van der Waals surface area (Å²) in [5.41, 5.74) is 3.48. The highest BCUT2D eigenvalue weighted by Crippen LogP contribution is 2.22. The lowest BCUT2D eigenvalue weighted by Crippen LogP contribution is -2.32. The van der Waals surface area contributed by atoms with Gasteiger partial charge in [0.05, 0.1) is 19.0 Å². The second-order valence-corrected chi connectivity index (χ2v) is 5.42. The number of rotatable bonds is 4. The molecule has 0 heterocycles. The van der Waals surface area contributed by atoms with Gasteiger partial charge in [0.25, 0.3) is 0 Å². The fraction of sp³-hybridized carbons (Fsp3) is 0.0500. The highest BCUT2D eigenvalue weighted by atomic mass is 16.5. The van der Waals surface area contributed by atoms with Crippen LogP contribution in [0, 0.1) is 0 Å². The minimum Gasteiger partial charge on any atom is -0.495 e. The molecule has 0 atom stereocenters. The third kappa shape index (κ3) is 3.87. The molecular weight excluding hydrogens is 330 g/mol. The van der Waals surface area contributed by atoms with Crippen LogP contribution in [0.1, 0.15) is 5.56 Å². The van der Waals surface area contributed by atoms with Crippen LogP contribution >= 0.6 is 0 Å². The van der Waals surface area contributed by atoms with E-state index < -0.39 is 11.8 Å². The highest BCUT2D eigenvalue weighted by Gasteiger charge is 2.14. The maximum atomic E-state index is 12.0. The third-order valence-electron chi connectivity index (χ3n) is 3.75. The molecule has 130 valence electrons. The number of fused-ring (bicyclic) bond motifs is 1. The maximum absolute atomic E-state index is 12.0. The number of hydrogen-bond donors (Lipinski definition) is 2. The van der Waals surface area contributed by atoms with E-state index >= 15 is 0 Å². The number of methoxy groups -OCH3 is 1. The number of amides is 2.